The standard InChI is InChI=1S/C12H13BrN4O/c13-8-3-1-4-9(7-8)15-12-17-16-11(18-12)10-5-2-6-14-10/h1,3-4,7,10,14H,2,5-6H2,(H,15,17)/t10-/m0/s1. The van der Waals surface area contributed by atoms with Gasteiger partial charge in [-0.05, 0) is 37.6 Å². The topological polar surface area (TPSA) is 63.0 Å². The number of nitrogens with one attached hydrogen (secondary N) is 2. The Hall–Kier alpha value is -1.40. The van der Waals surface area contributed by atoms with E-state index in [1.807, 2.05) is 24.3 Å². The Balaban J connectivity index is 1.73. The Morgan fingerprint density at radius 3 is 3.11 bits per heavy atom. The number of anilines is 2. The maximum Gasteiger partial charge on any atom is 0.320 e. The third kappa shape index (κ3) is 2.54. The van der Waals surface area contributed by atoms with Gasteiger partial charge in [0.1, 0.15) is 0 Å². The van der Waals surface area contributed by atoms with E-state index in [2.05, 4.69) is 36.8 Å². The van der Waals surface area contributed by atoms with Crippen molar-refractivity contribution in [1.82, 2.24) is 15.5 Å². The zero-order chi connectivity index (χ0) is 12.4. The van der Waals surface area contributed by atoms with Gasteiger partial charge in [-0.25, -0.2) is 0 Å². The van der Waals surface area contributed by atoms with Crippen molar-refractivity contribution in [3.05, 3.63) is 34.6 Å². The molecule has 0 saturated carbocycles. The van der Waals surface area contributed by atoms with Gasteiger partial charge in [0.15, 0.2) is 0 Å². The molecule has 0 unspecified atom stereocenters. The van der Waals surface area contributed by atoms with Crippen LogP contribution in [0.2, 0.25) is 0 Å². The molecule has 0 amide bonds. The molecule has 2 heterocycles. The Labute approximate surface area is 113 Å². The van der Waals surface area contributed by atoms with Crippen LogP contribution in [-0.4, -0.2) is 16.7 Å². The summed E-state index contributed by atoms with van der Waals surface area (Å²) in [6.07, 6.45) is 2.21. The van der Waals surface area contributed by atoms with Crippen LogP contribution >= 0.6 is 15.9 Å². The summed E-state index contributed by atoms with van der Waals surface area (Å²) in [6, 6.07) is 8.45. The molecule has 0 spiro atoms. The van der Waals surface area contributed by atoms with Crippen molar-refractivity contribution in [1.29, 1.82) is 0 Å². The van der Waals surface area contributed by atoms with Gasteiger partial charge in [0.25, 0.3) is 0 Å². The highest BCUT2D eigenvalue weighted by molar-refractivity contribution is 9.10. The van der Waals surface area contributed by atoms with E-state index in [0.29, 0.717) is 11.9 Å². The quantitative estimate of drug-likeness (QED) is 0.912. The van der Waals surface area contributed by atoms with Crippen LogP contribution in [0.1, 0.15) is 24.8 Å². The molecule has 18 heavy (non-hydrogen) atoms. The number of hydrogen-bond acceptors (Lipinski definition) is 5. The van der Waals surface area contributed by atoms with Gasteiger partial charge in [-0.3, -0.25) is 0 Å². The zero-order valence-electron chi connectivity index (χ0n) is 9.69. The normalized spacial score (nSPS) is 19.1. The molecule has 2 aromatic rings. The number of aromatic nitrogens is 2. The summed E-state index contributed by atoms with van der Waals surface area (Å²) >= 11 is 3.42. The smallest absolute Gasteiger partial charge is 0.320 e. The highest BCUT2D eigenvalue weighted by Gasteiger charge is 2.21. The van der Waals surface area contributed by atoms with Crippen LogP contribution in [0.25, 0.3) is 0 Å². The van der Waals surface area contributed by atoms with Crippen LogP contribution in [0.15, 0.2) is 33.2 Å². The first-order valence-electron chi connectivity index (χ1n) is 5.90. The molecule has 1 aliphatic heterocycles. The molecule has 1 aromatic heterocycles. The van der Waals surface area contributed by atoms with Gasteiger partial charge < -0.3 is 15.1 Å². The van der Waals surface area contributed by atoms with Crippen LogP contribution < -0.4 is 10.6 Å². The number of halogens is 1. The van der Waals surface area contributed by atoms with E-state index < -0.39 is 0 Å². The maximum absolute atomic E-state index is 5.60. The second-order valence-corrected chi connectivity index (χ2v) is 5.15. The second-order valence-electron chi connectivity index (χ2n) is 4.23. The van der Waals surface area contributed by atoms with E-state index in [1.165, 1.54) is 0 Å². The second kappa shape index (κ2) is 5.07. The third-order valence-electron chi connectivity index (χ3n) is 2.87. The van der Waals surface area contributed by atoms with Gasteiger partial charge in [-0.1, -0.05) is 27.1 Å². The van der Waals surface area contributed by atoms with Gasteiger partial charge in [-0.2, -0.15) is 0 Å². The molecule has 6 heteroatoms. The fraction of sp³-hybridized carbons (Fsp3) is 0.333. The largest absolute Gasteiger partial charge is 0.406 e. The highest BCUT2D eigenvalue weighted by Crippen LogP contribution is 2.25. The van der Waals surface area contributed by atoms with Crippen molar-refractivity contribution in [3.63, 3.8) is 0 Å². The fourth-order valence-corrected chi connectivity index (χ4v) is 2.41. The maximum atomic E-state index is 5.60. The van der Waals surface area contributed by atoms with Crippen molar-refractivity contribution < 1.29 is 4.42 Å². The van der Waals surface area contributed by atoms with Crippen molar-refractivity contribution in [2.75, 3.05) is 11.9 Å². The minimum Gasteiger partial charge on any atom is -0.406 e. The molecular formula is C12H13BrN4O. The van der Waals surface area contributed by atoms with E-state index in [-0.39, 0.29) is 6.04 Å². The van der Waals surface area contributed by atoms with Gasteiger partial charge in [0.2, 0.25) is 5.89 Å². The molecule has 1 aliphatic rings. The molecule has 0 bridgehead atoms. The predicted octanol–water partition coefficient (Wildman–Crippen LogP) is 3.00. The summed E-state index contributed by atoms with van der Waals surface area (Å²) in [5, 5.41) is 14.5. The van der Waals surface area contributed by atoms with E-state index in [9.17, 15) is 0 Å². The van der Waals surface area contributed by atoms with Gasteiger partial charge in [0, 0.05) is 10.2 Å². The molecule has 94 valence electrons. The lowest BCUT2D eigenvalue weighted by Gasteiger charge is -2.03. The molecule has 2 N–H and O–H groups in total. The van der Waals surface area contributed by atoms with Crippen molar-refractivity contribution >= 4 is 27.6 Å². The Morgan fingerprint density at radius 1 is 1.39 bits per heavy atom. The number of benzene rings is 1. The van der Waals surface area contributed by atoms with Crippen molar-refractivity contribution in [3.8, 4) is 0 Å². The number of hydrogen-bond donors (Lipinski definition) is 2. The monoisotopic (exact) mass is 308 g/mol. The first-order chi connectivity index (χ1) is 8.81. The lowest BCUT2D eigenvalue weighted by Crippen LogP contribution is -2.12. The summed E-state index contributed by atoms with van der Waals surface area (Å²) < 4.78 is 6.60. The number of nitrogens with zero attached hydrogens (tertiary/aromatic N) is 2. The minimum atomic E-state index is 0.204. The molecule has 1 aromatic carbocycles. The molecule has 0 radical (unpaired) electrons. The third-order valence-corrected chi connectivity index (χ3v) is 3.37. The average Bonchev–Trinajstić information content (AvgIpc) is 2.98. The predicted molar refractivity (Wildman–Crippen MR) is 71.7 cm³/mol. The molecule has 5 nitrogen and oxygen atoms in total. The van der Waals surface area contributed by atoms with Gasteiger partial charge in [-0.15, -0.1) is 5.10 Å². The van der Waals surface area contributed by atoms with Crippen molar-refractivity contribution in [2.45, 2.75) is 18.9 Å². The number of rotatable bonds is 3. The van der Waals surface area contributed by atoms with Crippen LogP contribution in [0.3, 0.4) is 0 Å². The molecular weight excluding hydrogens is 296 g/mol. The van der Waals surface area contributed by atoms with Crippen LogP contribution in [0, 0.1) is 0 Å². The van der Waals surface area contributed by atoms with E-state index in [0.717, 1.165) is 29.5 Å². The summed E-state index contributed by atoms with van der Waals surface area (Å²) in [6.45, 7) is 1.02. The fourth-order valence-electron chi connectivity index (χ4n) is 2.01. The Morgan fingerprint density at radius 2 is 2.33 bits per heavy atom. The highest BCUT2D eigenvalue weighted by atomic mass is 79.9. The Bertz CT molecular complexity index is 536. The van der Waals surface area contributed by atoms with E-state index >= 15 is 0 Å². The molecule has 1 atom stereocenters. The average molecular weight is 309 g/mol. The van der Waals surface area contributed by atoms with E-state index in [4.69, 9.17) is 4.42 Å². The minimum absolute atomic E-state index is 0.204. The first-order valence-corrected chi connectivity index (χ1v) is 6.70. The van der Waals surface area contributed by atoms with Crippen molar-refractivity contribution in [2.24, 2.45) is 0 Å². The lowest BCUT2D eigenvalue weighted by atomic mass is 10.2. The molecule has 1 fully saturated rings. The molecule has 1 saturated heterocycles. The van der Waals surface area contributed by atoms with Crippen LogP contribution in [0.5, 0.6) is 0 Å². The van der Waals surface area contributed by atoms with E-state index in [1.54, 1.807) is 0 Å². The first kappa shape index (κ1) is 11.7. The summed E-state index contributed by atoms with van der Waals surface area (Å²) in [5.74, 6) is 0.657. The van der Waals surface area contributed by atoms with Gasteiger partial charge in [0.05, 0.1) is 6.04 Å². The van der Waals surface area contributed by atoms with Gasteiger partial charge >= 0.3 is 6.01 Å². The summed E-state index contributed by atoms with van der Waals surface area (Å²) in [7, 11) is 0. The summed E-state index contributed by atoms with van der Waals surface area (Å²) in [5.41, 5.74) is 0.916. The summed E-state index contributed by atoms with van der Waals surface area (Å²) in [4.78, 5) is 0. The lowest BCUT2D eigenvalue weighted by molar-refractivity contribution is 0.439. The van der Waals surface area contributed by atoms with Crippen LogP contribution in [-0.2, 0) is 0 Å². The molecule has 3 rings (SSSR count). The molecule has 0 aliphatic carbocycles. The SMILES string of the molecule is Brc1cccc(Nc2nnc([C@@H]3CCCN3)o2)c1. The Kier molecular flexibility index (Phi) is 3.29. The van der Waals surface area contributed by atoms with Crippen LogP contribution in [0.4, 0.5) is 11.7 Å². The zero-order valence-corrected chi connectivity index (χ0v) is 11.3.